The highest BCUT2D eigenvalue weighted by Gasteiger charge is 2.41. The number of thioether (sulfide) groups is 1. The zero-order valence-electron chi connectivity index (χ0n) is 23.8. The summed E-state index contributed by atoms with van der Waals surface area (Å²) in [6.07, 6.45) is 0.0113. The Labute approximate surface area is 261 Å². The van der Waals surface area contributed by atoms with E-state index in [0.717, 1.165) is 16.2 Å². The summed E-state index contributed by atoms with van der Waals surface area (Å²) in [6, 6.07) is 0.888. The molecule has 0 aliphatic carbocycles. The zero-order chi connectivity index (χ0) is 32.0. The van der Waals surface area contributed by atoms with E-state index in [9.17, 15) is 34.1 Å². The van der Waals surface area contributed by atoms with Gasteiger partial charge in [0.05, 0.1) is 11.6 Å². The maximum Gasteiger partial charge on any atom is 0.547 e. The lowest BCUT2D eigenvalue weighted by atomic mass is 9.72. The number of carbonyl (C=O) groups excluding carboxylic acids is 4. The van der Waals surface area contributed by atoms with Crippen LogP contribution >= 0.6 is 23.1 Å². The number of piperazine rings is 1. The third-order valence-corrected chi connectivity index (χ3v) is 8.68. The first-order chi connectivity index (χ1) is 21.0. The molecule has 1 saturated heterocycles. The summed E-state index contributed by atoms with van der Waals surface area (Å²) in [5, 5.41) is 30.5. The van der Waals surface area contributed by atoms with Gasteiger partial charge in [-0.2, -0.15) is 0 Å². The molecule has 0 spiro atoms. The maximum atomic E-state index is 13.5. The second kappa shape index (κ2) is 14.7. The minimum atomic E-state index is -1.63. The van der Waals surface area contributed by atoms with Crippen molar-refractivity contribution in [1.82, 2.24) is 30.7 Å². The molecule has 0 radical (unpaired) electrons. The Morgan fingerprint density at radius 1 is 1.25 bits per heavy atom. The van der Waals surface area contributed by atoms with Crippen LogP contribution < -0.4 is 32.1 Å². The topological polar surface area (TPSA) is 243 Å². The lowest BCUT2D eigenvalue weighted by molar-refractivity contribution is -0.153. The van der Waals surface area contributed by atoms with Crippen LogP contribution in [0.1, 0.15) is 34.6 Å². The molecule has 236 valence electrons. The number of aromatic carboxylic acids is 1. The number of amides is 5. The van der Waals surface area contributed by atoms with Crippen LogP contribution in [0.5, 0.6) is 5.75 Å². The average Bonchev–Trinajstić information content (AvgIpc) is 3.42. The second-order valence-electron chi connectivity index (χ2n) is 9.78. The Morgan fingerprint density at radius 3 is 2.68 bits per heavy atom. The number of rotatable bonds is 12. The third kappa shape index (κ3) is 7.41. The average molecular weight is 649 g/mol. The molecule has 0 bridgehead atoms. The van der Waals surface area contributed by atoms with E-state index < -0.39 is 48.8 Å². The van der Waals surface area contributed by atoms with E-state index in [-0.39, 0.29) is 41.6 Å². The van der Waals surface area contributed by atoms with E-state index in [0.29, 0.717) is 42.4 Å². The van der Waals surface area contributed by atoms with Gasteiger partial charge in [0.15, 0.2) is 11.2 Å². The molecule has 2 unspecified atom stereocenters. The van der Waals surface area contributed by atoms with Gasteiger partial charge in [-0.15, -0.1) is 23.1 Å². The van der Waals surface area contributed by atoms with Gasteiger partial charge < -0.3 is 47.1 Å². The first-order valence-electron chi connectivity index (χ1n) is 13.8. The van der Waals surface area contributed by atoms with Crippen molar-refractivity contribution < 1.29 is 38.8 Å². The number of nitrogens with zero attached hydrogens (tertiary/aromatic N) is 3. The van der Waals surface area contributed by atoms with Gasteiger partial charge in [0, 0.05) is 55.3 Å². The molecule has 4 rings (SSSR count). The molecule has 1 aromatic carbocycles. The van der Waals surface area contributed by atoms with Crippen LogP contribution in [0.25, 0.3) is 0 Å². The van der Waals surface area contributed by atoms with Crippen LogP contribution in [0.4, 0.5) is 9.93 Å². The summed E-state index contributed by atoms with van der Waals surface area (Å²) in [6.45, 7) is 3.81. The summed E-state index contributed by atoms with van der Waals surface area (Å²) in [5.41, 5.74) is 11.6. The number of nitrogen functional groups attached to an aromatic ring is 1. The number of carbonyl (C=O) groups is 5. The van der Waals surface area contributed by atoms with Gasteiger partial charge in [0.1, 0.15) is 11.3 Å². The SMILES string of the molecule is CCN1CCN(C(=O)NC(C(=O)NC2Cc3ccc(SCCNCCN)c(C(=O)O)c3OB2O)c2csc(N)n2)C(=O)C1=O. The number of benzene rings is 1. The van der Waals surface area contributed by atoms with E-state index in [2.05, 4.69) is 20.9 Å². The summed E-state index contributed by atoms with van der Waals surface area (Å²) in [5.74, 6) is -4.36. The number of carboxylic acid groups (broad SMARTS) is 1. The number of hydrogen-bond acceptors (Lipinski definition) is 13. The van der Waals surface area contributed by atoms with Crippen molar-refractivity contribution in [3.8, 4) is 5.75 Å². The first-order valence-corrected chi connectivity index (χ1v) is 15.6. The number of anilines is 1. The monoisotopic (exact) mass is 648 g/mol. The molecule has 2 aromatic rings. The predicted molar refractivity (Wildman–Crippen MR) is 162 cm³/mol. The number of hydrogen-bond donors (Lipinski definition) is 7. The molecule has 9 N–H and O–H groups in total. The molecule has 5 amide bonds. The van der Waals surface area contributed by atoms with Crippen LogP contribution in [0.15, 0.2) is 22.4 Å². The molecule has 2 aliphatic rings. The van der Waals surface area contributed by atoms with Gasteiger partial charge in [-0.05, 0) is 25.0 Å². The minimum absolute atomic E-state index is 0.00180. The fourth-order valence-electron chi connectivity index (χ4n) is 4.69. The molecule has 3 heterocycles. The summed E-state index contributed by atoms with van der Waals surface area (Å²) < 4.78 is 5.63. The fraction of sp³-hybridized carbons (Fsp3) is 0.440. The van der Waals surface area contributed by atoms with E-state index in [1.54, 1.807) is 19.1 Å². The molecule has 2 atom stereocenters. The highest BCUT2D eigenvalue weighted by Crippen LogP contribution is 2.37. The van der Waals surface area contributed by atoms with E-state index >= 15 is 0 Å². The van der Waals surface area contributed by atoms with E-state index in [1.165, 1.54) is 22.0 Å². The van der Waals surface area contributed by atoms with Gasteiger partial charge in [-0.25, -0.2) is 14.6 Å². The standard InChI is InChI=1S/C25H33BN8O8S2/c1-2-33-8-9-34(22(37)21(33)36)25(40)32-18(14-12-44-24(28)30-14)20(35)31-16-11-13-3-4-15(43-10-7-29-6-5-27)17(23(38)39)19(13)42-26(16)41/h3-4,12,16,18,29,41H,2,5-11,27H2,1H3,(H2,28,30)(H,31,35)(H,32,40)(H,38,39). The van der Waals surface area contributed by atoms with E-state index in [4.69, 9.17) is 16.1 Å². The van der Waals surface area contributed by atoms with Crippen molar-refractivity contribution in [2.45, 2.75) is 30.2 Å². The summed E-state index contributed by atoms with van der Waals surface area (Å²) >= 11 is 2.33. The Bertz CT molecular complexity index is 1430. The van der Waals surface area contributed by atoms with Crippen molar-refractivity contribution >= 4 is 65.1 Å². The number of thiazole rings is 1. The molecule has 44 heavy (non-hydrogen) atoms. The second-order valence-corrected chi connectivity index (χ2v) is 11.8. The van der Waals surface area contributed by atoms with Gasteiger partial charge in [-0.3, -0.25) is 19.3 Å². The van der Waals surface area contributed by atoms with Crippen molar-refractivity contribution in [3.63, 3.8) is 0 Å². The summed E-state index contributed by atoms with van der Waals surface area (Å²) in [4.78, 5) is 70.2. The highest BCUT2D eigenvalue weighted by atomic mass is 32.2. The number of fused-ring (bicyclic) bond motifs is 1. The summed E-state index contributed by atoms with van der Waals surface area (Å²) in [7, 11) is -1.63. The van der Waals surface area contributed by atoms with E-state index in [1.807, 2.05) is 0 Å². The number of nitrogens with one attached hydrogen (secondary N) is 3. The normalized spacial score (nSPS) is 17.2. The Balaban J connectivity index is 1.50. The highest BCUT2D eigenvalue weighted by molar-refractivity contribution is 7.99. The van der Waals surface area contributed by atoms with Crippen LogP contribution in [0.2, 0.25) is 0 Å². The third-order valence-electron chi connectivity index (χ3n) is 6.92. The fourth-order valence-corrected chi connectivity index (χ4v) is 6.24. The van der Waals surface area contributed by atoms with Crippen LogP contribution in [-0.4, -0.2) is 113 Å². The van der Waals surface area contributed by atoms with Crippen molar-refractivity contribution in [2.24, 2.45) is 5.73 Å². The van der Waals surface area contributed by atoms with Crippen molar-refractivity contribution in [1.29, 1.82) is 0 Å². The van der Waals surface area contributed by atoms with Gasteiger partial charge in [-0.1, -0.05) is 6.07 Å². The molecule has 19 heteroatoms. The number of imide groups is 1. The Kier molecular flexibility index (Phi) is 11.0. The first kappa shape index (κ1) is 33.0. The molecule has 2 aliphatic heterocycles. The number of carboxylic acids is 1. The van der Waals surface area contributed by atoms with Crippen molar-refractivity contribution in [2.75, 3.05) is 50.8 Å². The largest absolute Gasteiger partial charge is 0.547 e. The molecular weight excluding hydrogens is 615 g/mol. The number of nitrogens with two attached hydrogens (primary N) is 2. The van der Waals surface area contributed by atoms with Crippen LogP contribution in [0.3, 0.4) is 0 Å². The quantitative estimate of drug-likeness (QED) is 0.0610. The maximum absolute atomic E-state index is 13.5. The zero-order valence-corrected chi connectivity index (χ0v) is 25.4. The molecule has 1 aromatic heterocycles. The smallest absolute Gasteiger partial charge is 0.534 e. The lowest BCUT2D eigenvalue weighted by Gasteiger charge is -2.33. The molecule has 0 saturated carbocycles. The molecule has 1 fully saturated rings. The van der Waals surface area contributed by atoms with Crippen molar-refractivity contribution in [3.05, 3.63) is 34.3 Å². The van der Waals surface area contributed by atoms with Crippen LogP contribution in [0, 0.1) is 0 Å². The number of urea groups is 1. The Morgan fingerprint density at radius 2 is 2.02 bits per heavy atom. The van der Waals surface area contributed by atoms with Gasteiger partial charge in [0.2, 0.25) is 5.91 Å². The minimum Gasteiger partial charge on any atom is -0.534 e. The van der Waals surface area contributed by atoms with Crippen LogP contribution in [-0.2, 0) is 20.8 Å². The predicted octanol–water partition coefficient (Wildman–Crippen LogP) is -1.36. The van der Waals surface area contributed by atoms with Gasteiger partial charge in [0.25, 0.3) is 0 Å². The number of aromatic nitrogens is 1. The Hall–Kier alpha value is -3.91. The molecule has 16 nitrogen and oxygen atoms in total. The lowest BCUT2D eigenvalue weighted by Crippen LogP contribution is -2.60. The molecular formula is C25H33BN8O8S2. The van der Waals surface area contributed by atoms with Gasteiger partial charge >= 0.3 is 30.9 Å². The number of likely N-dealkylation sites (N-methyl/N-ethyl adjacent to an activating group) is 1.